The van der Waals surface area contributed by atoms with E-state index in [0.717, 1.165) is 30.8 Å². The minimum atomic E-state index is -5.08. The van der Waals surface area contributed by atoms with Crippen LogP contribution < -0.4 is 5.32 Å². The van der Waals surface area contributed by atoms with Crippen molar-refractivity contribution >= 4 is 11.9 Å². The summed E-state index contributed by atoms with van der Waals surface area (Å²) in [6, 6.07) is 0.887. The second kappa shape index (κ2) is 9.49. The number of alkyl halides is 3. The molecule has 11 heteroatoms. The molecule has 1 aromatic heterocycles. The number of nitrogens with zero attached hydrogens (tertiary/aromatic N) is 3. The van der Waals surface area contributed by atoms with Gasteiger partial charge in [-0.15, -0.1) is 0 Å². The van der Waals surface area contributed by atoms with Crippen LogP contribution in [-0.2, 0) is 20.9 Å². The molecule has 1 amide bonds. The molecule has 3 rings (SSSR count). The lowest BCUT2D eigenvalue weighted by Gasteiger charge is -2.26. The van der Waals surface area contributed by atoms with Gasteiger partial charge in [0.2, 0.25) is 5.91 Å². The summed E-state index contributed by atoms with van der Waals surface area (Å²) in [7, 11) is 0. The highest BCUT2D eigenvalue weighted by molar-refractivity contribution is 5.81. The lowest BCUT2D eigenvalue weighted by atomic mass is 10.1. The lowest BCUT2D eigenvalue weighted by molar-refractivity contribution is -0.192. The maximum absolute atomic E-state index is 12.3. The second-order valence-corrected chi connectivity index (χ2v) is 7.26. The van der Waals surface area contributed by atoms with Gasteiger partial charge in [-0.05, 0) is 27.2 Å². The first-order valence-electron chi connectivity index (χ1n) is 9.25. The lowest BCUT2D eigenvalue weighted by Crippen LogP contribution is -2.39. The Morgan fingerprint density at radius 1 is 1.34 bits per heavy atom. The molecule has 2 aliphatic heterocycles. The predicted octanol–water partition coefficient (Wildman–Crippen LogP) is 1.67. The van der Waals surface area contributed by atoms with Gasteiger partial charge in [-0.3, -0.25) is 19.7 Å². The van der Waals surface area contributed by atoms with Gasteiger partial charge in [0.05, 0.1) is 30.2 Å². The number of fused-ring (bicyclic) bond motifs is 1. The second-order valence-electron chi connectivity index (χ2n) is 7.26. The summed E-state index contributed by atoms with van der Waals surface area (Å²) in [5.74, 6) is -2.80. The minimum Gasteiger partial charge on any atom is -0.475 e. The number of aromatic nitrogens is 2. The van der Waals surface area contributed by atoms with Crippen LogP contribution in [0.1, 0.15) is 38.1 Å². The molecule has 0 radical (unpaired) electrons. The summed E-state index contributed by atoms with van der Waals surface area (Å²) in [4.78, 5) is 32.1. The number of aliphatic carboxylic acids is 1. The van der Waals surface area contributed by atoms with E-state index in [1.165, 1.54) is 0 Å². The maximum Gasteiger partial charge on any atom is 0.490 e. The van der Waals surface area contributed by atoms with Gasteiger partial charge >= 0.3 is 12.1 Å². The van der Waals surface area contributed by atoms with E-state index in [9.17, 15) is 18.0 Å². The third-order valence-corrected chi connectivity index (χ3v) is 4.80. The number of carbonyl (C=O) groups excluding carboxylic acids is 1. The molecule has 0 unspecified atom stereocenters. The van der Waals surface area contributed by atoms with Gasteiger partial charge in [-0.25, -0.2) is 4.79 Å². The topological polar surface area (TPSA) is 105 Å². The van der Waals surface area contributed by atoms with Crippen LogP contribution in [0.25, 0.3) is 0 Å². The number of carboxylic acids is 1. The van der Waals surface area contributed by atoms with E-state index < -0.39 is 12.1 Å². The molecule has 3 heterocycles. The first-order valence-corrected chi connectivity index (χ1v) is 9.25. The largest absolute Gasteiger partial charge is 0.490 e. The maximum atomic E-state index is 12.3. The molecule has 1 aromatic rings. The molecule has 3 atom stereocenters. The van der Waals surface area contributed by atoms with E-state index >= 15 is 0 Å². The van der Waals surface area contributed by atoms with Crippen molar-refractivity contribution in [2.75, 3.05) is 6.54 Å². The predicted molar refractivity (Wildman–Crippen MR) is 95.8 cm³/mol. The third-order valence-electron chi connectivity index (χ3n) is 4.80. The van der Waals surface area contributed by atoms with Crippen LogP contribution >= 0.6 is 0 Å². The van der Waals surface area contributed by atoms with E-state index in [2.05, 4.69) is 34.0 Å². The molecule has 2 fully saturated rings. The van der Waals surface area contributed by atoms with Gasteiger partial charge in [0.15, 0.2) is 0 Å². The summed E-state index contributed by atoms with van der Waals surface area (Å²) in [6.45, 7) is 7.76. The number of halogens is 3. The molecule has 162 valence electrons. The fourth-order valence-electron chi connectivity index (χ4n) is 3.39. The molecule has 0 aliphatic carbocycles. The Morgan fingerprint density at radius 3 is 2.52 bits per heavy atom. The normalized spacial score (nSPS) is 24.0. The number of carboxylic acid groups (broad SMARTS) is 1. The summed E-state index contributed by atoms with van der Waals surface area (Å²) in [5, 5.41) is 10.0. The molecule has 0 bridgehead atoms. The average molecular weight is 418 g/mol. The Kier molecular flexibility index (Phi) is 7.53. The number of hydrogen-bond acceptors (Lipinski definition) is 6. The van der Waals surface area contributed by atoms with Crippen LogP contribution in [0.15, 0.2) is 12.4 Å². The van der Waals surface area contributed by atoms with E-state index in [-0.39, 0.29) is 18.1 Å². The van der Waals surface area contributed by atoms with E-state index in [0.29, 0.717) is 18.6 Å². The van der Waals surface area contributed by atoms with Crippen molar-refractivity contribution in [2.24, 2.45) is 0 Å². The van der Waals surface area contributed by atoms with Crippen LogP contribution in [0.4, 0.5) is 13.2 Å². The zero-order valence-corrected chi connectivity index (χ0v) is 16.4. The van der Waals surface area contributed by atoms with Crippen LogP contribution in [0.3, 0.4) is 0 Å². The van der Waals surface area contributed by atoms with Crippen molar-refractivity contribution in [3.05, 3.63) is 23.8 Å². The fourth-order valence-corrected chi connectivity index (χ4v) is 3.39. The van der Waals surface area contributed by atoms with Gasteiger partial charge in [-0.2, -0.15) is 13.2 Å². The molecular weight excluding hydrogens is 393 g/mol. The number of ether oxygens (including phenoxy) is 1. The summed E-state index contributed by atoms with van der Waals surface area (Å²) in [5.41, 5.74) is 1.64. The number of rotatable bonds is 4. The first kappa shape index (κ1) is 23.0. The van der Waals surface area contributed by atoms with Crippen LogP contribution in [-0.4, -0.2) is 68.9 Å². The number of hydrogen-bond donors (Lipinski definition) is 2. The Hall–Kier alpha value is -2.27. The number of carbonyl (C=O) groups is 2. The summed E-state index contributed by atoms with van der Waals surface area (Å²) < 4.78 is 37.7. The molecule has 0 aromatic carbocycles. The number of amides is 1. The Balaban J connectivity index is 0.000000370. The van der Waals surface area contributed by atoms with Gasteiger partial charge in [0.1, 0.15) is 6.10 Å². The summed E-state index contributed by atoms with van der Waals surface area (Å²) >= 11 is 0. The molecule has 2 aliphatic rings. The zero-order valence-electron chi connectivity index (χ0n) is 16.4. The molecule has 29 heavy (non-hydrogen) atoms. The van der Waals surface area contributed by atoms with Gasteiger partial charge < -0.3 is 15.2 Å². The van der Waals surface area contributed by atoms with Crippen molar-refractivity contribution in [3.8, 4) is 0 Å². The zero-order chi connectivity index (χ0) is 21.8. The van der Waals surface area contributed by atoms with E-state index in [1.807, 2.05) is 6.92 Å². The Morgan fingerprint density at radius 2 is 2.00 bits per heavy atom. The molecule has 0 spiro atoms. The van der Waals surface area contributed by atoms with Crippen molar-refractivity contribution < 1.29 is 32.6 Å². The van der Waals surface area contributed by atoms with E-state index in [4.69, 9.17) is 14.6 Å². The minimum absolute atomic E-state index is 0.0412. The van der Waals surface area contributed by atoms with Crippen LogP contribution in [0.5, 0.6) is 0 Å². The Labute approximate surface area is 166 Å². The summed E-state index contributed by atoms with van der Waals surface area (Å²) in [6.07, 6.45) is -0.00404. The fraction of sp³-hybridized carbons (Fsp3) is 0.667. The van der Waals surface area contributed by atoms with Crippen LogP contribution in [0, 0.1) is 6.92 Å². The van der Waals surface area contributed by atoms with Gasteiger partial charge in [-0.1, -0.05) is 0 Å². The number of aryl methyl sites for hydroxylation is 1. The van der Waals surface area contributed by atoms with Crippen molar-refractivity contribution in [3.63, 3.8) is 0 Å². The SMILES string of the molecule is Cc1cnc(CNC(=O)[C@@H]2C[C@H]3[C@H](CCN3C(C)C)O2)cn1.O=C(O)C(F)(F)F. The number of nitrogens with one attached hydrogen (secondary N) is 1. The average Bonchev–Trinajstić information content (AvgIpc) is 3.21. The highest BCUT2D eigenvalue weighted by Gasteiger charge is 2.46. The molecule has 0 saturated carbocycles. The standard InChI is InChI=1S/C16H24N4O2.C2HF3O2/c1-10(2)20-5-4-14-13(20)6-15(22-14)16(21)19-9-12-8-17-11(3)7-18-12;3-2(4,5)1(6)7/h7-8,10,13-15H,4-6,9H2,1-3H3,(H,19,21);(H,6,7)/t13-,14-,15-;/m0./s1. The van der Waals surface area contributed by atoms with Crippen molar-refractivity contribution in [1.29, 1.82) is 0 Å². The molecule has 2 saturated heterocycles. The molecular formula is C18H25F3N4O4. The Bertz CT molecular complexity index is 712. The van der Waals surface area contributed by atoms with E-state index in [1.54, 1.807) is 12.4 Å². The smallest absolute Gasteiger partial charge is 0.475 e. The van der Waals surface area contributed by atoms with Crippen molar-refractivity contribution in [2.45, 2.75) is 70.6 Å². The monoisotopic (exact) mass is 418 g/mol. The molecule has 8 nitrogen and oxygen atoms in total. The van der Waals surface area contributed by atoms with Gasteiger partial charge in [0.25, 0.3) is 0 Å². The van der Waals surface area contributed by atoms with Crippen molar-refractivity contribution in [1.82, 2.24) is 20.2 Å². The number of likely N-dealkylation sites (tertiary alicyclic amines) is 1. The third kappa shape index (κ3) is 6.36. The quantitative estimate of drug-likeness (QED) is 0.767. The first-order chi connectivity index (χ1) is 13.5. The highest BCUT2D eigenvalue weighted by atomic mass is 19.4. The van der Waals surface area contributed by atoms with Gasteiger partial charge in [0, 0.05) is 31.2 Å². The molecule has 2 N–H and O–H groups in total. The highest BCUT2D eigenvalue weighted by Crippen LogP contribution is 2.34. The van der Waals surface area contributed by atoms with Crippen LogP contribution in [0.2, 0.25) is 0 Å².